The minimum Gasteiger partial charge on any atom is -0.375 e. The van der Waals surface area contributed by atoms with Gasteiger partial charge in [-0.2, -0.15) is 0 Å². The van der Waals surface area contributed by atoms with Crippen molar-refractivity contribution < 1.29 is 20.7 Å². The predicted octanol–water partition coefficient (Wildman–Crippen LogP) is -2.98. The van der Waals surface area contributed by atoms with E-state index in [1.54, 1.807) is 4.90 Å². The molecule has 0 aromatic heterocycles. The average Bonchev–Trinajstić information content (AvgIpc) is 2.16. The molecule has 2 saturated heterocycles. The number of ether oxygens (including phenoxy) is 1. The van der Waals surface area contributed by atoms with Crippen LogP contribution < -0.4 is 16.0 Å². The third-order valence-corrected chi connectivity index (χ3v) is 4.08. The maximum Gasteiger partial charge on any atom is 0.151 e. The predicted molar refractivity (Wildman–Crippen MR) is 62.1 cm³/mol. The van der Waals surface area contributed by atoms with Gasteiger partial charge in [0, 0.05) is 12.8 Å². The largest absolute Gasteiger partial charge is 0.375 e. The summed E-state index contributed by atoms with van der Waals surface area (Å²) in [7, 11) is 0. The Morgan fingerprint density at radius 1 is 1.44 bits per heavy atom. The van der Waals surface area contributed by atoms with E-state index in [0.29, 0.717) is 5.54 Å². The highest BCUT2D eigenvalue weighted by Crippen LogP contribution is 2.28. The fraction of sp³-hybridized carbons (Fsp3) is 1.00. The summed E-state index contributed by atoms with van der Waals surface area (Å²) in [5, 5.41) is 2.59. The van der Waals surface area contributed by atoms with Crippen LogP contribution in [0.5, 0.6) is 0 Å². The summed E-state index contributed by atoms with van der Waals surface area (Å²) in [6.07, 6.45) is 2.41. The van der Waals surface area contributed by atoms with E-state index in [9.17, 15) is 0 Å². The molecule has 2 aliphatic rings. The van der Waals surface area contributed by atoms with Crippen molar-refractivity contribution in [2.24, 2.45) is 0 Å². The van der Waals surface area contributed by atoms with Gasteiger partial charge in [0.15, 0.2) is 5.54 Å². The summed E-state index contributed by atoms with van der Waals surface area (Å²) >= 11 is 0. The molecule has 2 heterocycles. The van der Waals surface area contributed by atoms with Crippen LogP contribution in [0.3, 0.4) is 0 Å². The van der Waals surface area contributed by atoms with Crippen LogP contribution in [-0.2, 0) is 4.74 Å². The Kier molecular flexibility index (Phi) is 3.54. The van der Waals surface area contributed by atoms with Gasteiger partial charge in [-0.3, -0.25) is 0 Å². The van der Waals surface area contributed by atoms with Crippen molar-refractivity contribution in [1.82, 2.24) is 0 Å². The zero-order valence-corrected chi connectivity index (χ0v) is 10.8. The zero-order valence-electron chi connectivity index (χ0n) is 10.8. The smallest absolute Gasteiger partial charge is 0.151 e. The molecule has 0 aromatic rings. The molecule has 1 spiro atoms. The first-order valence-corrected chi connectivity index (χ1v) is 6.66. The van der Waals surface area contributed by atoms with Crippen molar-refractivity contribution >= 4 is 0 Å². The number of hydrogen-bond acceptors (Lipinski definition) is 1. The van der Waals surface area contributed by atoms with Gasteiger partial charge in [-0.1, -0.05) is 0 Å². The first kappa shape index (κ1) is 12.3. The molecule has 2 fully saturated rings. The Balaban J connectivity index is 2.00. The fourth-order valence-corrected chi connectivity index (χ4v) is 3.55. The lowest BCUT2D eigenvalue weighted by Crippen LogP contribution is -3.25. The molecule has 2 atom stereocenters. The Labute approximate surface area is 98.5 Å². The second kappa shape index (κ2) is 4.61. The van der Waals surface area contributed by atoms with Gasteiger partial charge in [0.1, 0.15) is 32.7 Å². The minimum absolute atomic E-state index is 0.0711. The molecule has 2 rings (SSSR count). The second-order valence-electron chi connectivity index (χ2n) is 6.17. The molecular weight excluding hydrogens is 202 g/mol. The summed E-state index contributed by atoms with van der Waals surface area (Å²) in [6.45, 7) is 11.6. The number of piperazine rings is 1. The molecule has 2 aliphatic heterocycles. The molecule has 0 aliphatic carbocycles. The van der Waals surface area contributed by atoms with E-state index in [1.165, 1.54) is 39.0 Å². The summed E-state index contributed by atoms with van der Waals surface area (Å²) in [5.74, 6) is 0. The molecule has 94 valence electrons. The van der Waals surface area contributed by atoms with E-state index in [-0.39, 0.29) is 5.60 Å². The van der Waals surface area contributed by atoms with Gasteiger partial charge in [-0.05, 0) is 13.8 Å². The van der Waals surface area contributed by atoms with Crippen molar-refractivity contribution in [2.75, 3.05) is 39.3 Å². The van der Waals surface area contributed by atoms with Crippen LogP contribution in [0, 0.1) is 0 Å². The summed E-state index contributed by atoms with van der Waals surface area (Å²) in [5.41, 5.74) is 4.51. The Hall–Kier alpha value is -0.160. The molecule has 4 nitrogen and oxygen atoms in total. The Morgan fingerprint density at radius 3 is 2.94 bits per heavy atom. The van der Waals surface area contributed by atoms with Crippen LogP contribution in [-0.4, -0.2) is 50.5 Å². The van der Waals surface area contributed by atoms with E-state index in [4.69, 9.17) is 4.74 Å². The quantitative estimate of drug-likeness (QED) is 0.466. The van der Waals surface area contributed by atoms with E-state index in [0.717, 1.165) is 13.2 Å². The van der Waals surface area contributed by atoms with Gasteiger partial charge in [-0.25, -0.2) is 0 Å². The van der Waals surface area contributed by atoms with Crippen LogP contribution in [0.15, 0.2) is 0 Å². The second-order valence-corrected chi connectivity index (χ2v) is 6.17. The maximum atomic E-state index is 5.85. The number of nitrogens with two attached hydrogens (primary N) is 1. The Morgan fingerprint density at radius 2 is 2.25 bits per heavy atom. The molecule has 1 unspecified atom stereocenters. The SMILES string of the molecule is CC1(C)C[C@]2(CCO1)C[NH+](CC[NH3+])CC[NH2+]2. The highest BCUT2D eigenvalue weighted by molar-refractivity contribution is 4.90. The van der Waals surface area contributed by atoms with Crippen LogP contribution >= 0.6 is 0 Å². The number of nitrogens with one attached hydrogen (secondary N) is 1. The zero-order chi connectivity index (χ0) is 11.6. The monoisotopic (exact) mass is 230 g/mol. The van der Waals surface area contributed by atoms with Gasteiger partial charge in [0.25, 0.3) is 0 Å². The normalized spacial score (nSPS) is 38.8. The highest BCUT2D eigenvalue weighted by atomic mass is 16.5. The average molecular weight is 230 g/mol. The number of hydrogen-bond donors (Lipinski definition) is 3. The molecule has 4 heteroatoms. The molecule has 0 saturated carbocycles. The lowest BCUT2D eigenvalue weighted by molar-refractivity contribution is -0.973. The summed E-state index contributed by atoms with van der Waals surface area (Å²) < 4.78 is 5.85. The third kappa shape index (κ3) is 2.74. The van der Waals surface area contributed by atoms with E-state index in [2.05, 4.69) is 24.9 Å². The van der Waals surface area contributed by atoms with Crippen molar-refractivity contribution in [3.8, 4) is 0 Å². The fourth-order valence-electron chi connectivity index (χ4n) is 3.55. The van der Waals surface area contributed by atoms with Crippen molar-refractivity contribution in [3.05, 3.63) is 0 Å². The van der Waals surface area contributed by atoms with Gasteiger partial charge in [0.2, 0.25) is 0 Å². The van der Waals surface area contributed by atoms with Crippen LogP contribution in [0.1, 0.15) is 26.7 Å². The van der Waals surface area contributed by atoms with Crippen LogP contribution in [0.25, 0.3) is 0 Å². The molecule has 0 radical (unpaired) electrons. The van der Waals surface area contributed by atoms with Crippen molar-refractivity contribution in [2.45, 2.75) is 37.8 Å². The molecule has 0 bridgehead atoms. The van der Waals surface area contributed by atoms with E-state index in [1.807, 2.05) is 0 Å². The van der Waals surface area contributed by atoms with Crippen molar-refractivity contribution in [1.29, 1.82) is 0 Å². The van der Waals surface area contributed by atoms with Gasteiger partial charge < -0.3 is 20.7 Å². The van der Waals surface area contributed by atoms with E-state index < -0.39 is 0 Å². The number of rotatable bonds is 2. The van der Waals surface area contributed by atoms with Gasteiger partial charge in [-0.15, -0.1) is 0 Å². The van der Waals surface area contributed by atoms with Crippen LogP contribution in [0.4, 0.5) is 0 Å². The van der Waals surface area contributed by atoms with Gasteiger partial charge in [0.05, 0.1) is 12.2 Å². The molecule has 16 heavy (non-hydrogen) atoms. The molecular formula is C12H28N3O+3. The lowest BCUT2D eigenvalue weighted by atomic mass is 9.80. The standard InChI is InChI=1S/C12H25N3O/c1-11(2)9-12(3-8-16-11)10-15(6-4-13)7-5-14-12/h14H,3-10,13H2,1-2H3/p+3/t12-/m1/s1. The molecule has 6 N–H and O–H groups in total. The minimum atomic E-state index is 0.0711. The third-order valence-electron chi connectivity index (χ3n) is 4.08. The Bertz CT molecular complexity index is 238. The van der Waals surface area contributed by atoms with Crippen molar-refractivity contribution in [3.63, 3.8) is 0 Å². The molecule has 0 amide bonds. The lowest BCUT2D eigenvalue weighted by Gasteiger charge is -2.45. The summed E-state index contributed by atoms with van der Waals surface area (Å²) in [6, 6.07) is 0. The first-order chi connectivity index (χ1) is 7.55. The van der Waals surface area contributed by atoms with Crippen LogP contribution in [0.2, 0.25) is 0 Å². The highest BCUT2D eigenvalue weighted by Gasteiger charge is 2.48. The van der Waals surface area contributed by atoms with Gasteiger partial charge >= 0.3 is 0 Å². The summed E-state index contributed by atoms with van der Waals surface area (Å²) in [4.78, 5) is 1.75. The first-order valence-electron chi connectivity index (χ1n) is 6.66. The number of quaternary nitrogens is 3. The van der Waals surface area contributed by atoms with E-state index >= 15 is 0 Å². The maximum absolute atomic E-state index is 5.85. The topological polar surface area (TPSA) is 57.9 Å². The molecule has 0 aromatic carbocycles.